The number of methoxy groups -OCH3 is 1. The first-order chi connectivity index (χ1) is 17.3. The van der Waals surface area contributed by atoms with E-state index in [0.29, 0.717) is 25.3 Å². The molecule has 0 aliphatic carbocycles. The molecular formula is C29H29F3N2O2. The van der Waals surface area contributed by atoms with Crippen molar-refractivity contribution in [3.8, 4) is 0 Å². The van der Waals surface area contributed by atoms with Crippen molar-refractivity contribution in [3.05, 3.63) is 107 Å². The molecule has 0 saturated heterocycles. The maximum Gasteiger partial charge on any atom is 0.416 e. The van der Waals surface area contributed by atoms with Crippen LogP contribution in [-0.2, 0) is 22.3 Å². The number of fused-ring (bicyclic) bond motifs is 1. The summed E-state index contributed by atoms with van der Waals surface area (Å²) in [6, 6.07) is 21.3. The highest BCUT2D eigenvalue weighted by molar-refractivity contribution is 5.86. The number of carbonyl (C=O) groups is 1. The number of nitrogens with one attached hydrogen (secondary N) is 1. The van der Waals surface area contributed by atoms with Crippen molar-refractivity contribution >= 4 is 16.8 Å². The van der Waals surface area contributed by atoms with Crippen LogP contribution in [0.1, 0.15) is 40.2 Å². The summed E-state index contributed by atoms with van der Waals surface area (Å²) in [6.07, 6.45) is -2.48. The molecule has 188 valence electrons. The second-order valence-corrected chi connectivity index (χ2v) is 8.94. The fraction of sp³-hybridized carbons (Fsp3) is 0.276. The van der Waals surface area contributed by atoms with E-state index in [1.807, 2.05) is 37.4 Å². The maximum atomic E-state index is 13.5. The van der Waals surface area contributed by atoms with Crippen LogP contribution in [-0.4, -0.2) is 30.7 Å². The van der Waals surface area contributed by atoms with Gasteiger partial charge in [-0.25, -0.2) is 0 Å². The van der Waals surface area contributed by atoms with E-state index in [0.717, 1.165) is 34.2 Å². The van der Waals surface area contributed by atoms with Crippen LogP contribution in [0.15, 0.2) is 79.0 Å². The zero-order chi connectivity index (χ0) is 25.7. The highest BCUT2D eigenvalue weighted by Gasteiger charge is 2.32. The van der Waals surface area contributed by atoms with Crippen LogP contribution in [0.5, 0.6) is 0 Å². The first-order valence-electron chi connectivity index (χ1n) is 11.8. The number of ether oxygens (including phenoxy) is 1. The van der Waals surface area contributed by atoms with Crippen molar-refractivity contribution in [2.45, 2.75) is 32.0 Å². The summed E-state index contributed by atoms with van der Waals surface area (Å²) in [7, 11) is 1.54. The quantitative estimate of drug-likeness (QED) is 0.278. The molecule has 0 fully saturated rings. The van der Waals surface area contributed by atoms with Gasteiger partial charge in [-0.15, -0.1) is 0 Å². The van der Waals surface area contributed by atoms with E-state index in [4.69, 9.17) is 4.74 Å². The lowest BCUT2D eigenvalue weighted by Crippen LogP contribution is -2.28. The molecule has 4 nitrogen and oxygen atoms in total. The Labute approximate surface area is 208 Å². The van der Waals surface area contributed by atoms with E-state index in [2.05, 4.69) is 34.1 Å². The number of para-hydroxylation sites is 1. The van der Waals surface area contributed by atoms with E-state index in [-0.39, 0.29) is 12.3 Å². The third-order valence-corrected chi connectivity index (χ3v) is 6.30. The molecule has 4 rings (SSSR count). The van der Waals surface area contributed by atoms with Crippen LogP contribution in [0.25, 0.3) is 10.9 Å². The Balaban J connectivity index is 1.78. The Bertz CT molecular complexity index is 1330. The lowest BCUT2D eigenvalue weighted by molar-refractivity contribution is -0.137. The van der Waals surface area contributed by atoms with Crippen LogP contribution in [0.2, 0.25) is 0 Å². The predicted molar refractivity (Wildman–Crippen MR) is 135 cm³/mol. The molecule has 1 heterocycles. The van der Waals surface area contributed by atoms with Gasteiger partial charge < -0.3 is 14.6 Å². The number of hydrogen-bond donors (Lipinski definition) is 1. The SMILES string of the molecule is COCCNC(=O)C[C@H](c1cccc(C(F)(F)F)c1)c1cn(Cc2ccc(C)cc2)c2ccccc12. The van der Waals surface area contributed by atoms with Gasteiger partial charge in [-0.1, -0.05) is 66.2 Å². The van der Waals surface area contributed by atoms with Crippen molar-refractivity contribution in [1.82, 2.24) is 9.88 Å². The van der Waals surface area contributed by atoms with Gasteiger partial charge in [0.1, 0.15) is 0 Å². The van der Waals surface area contributed by atoms with Gasteiger partial charge >= 0.3 is 6.18 Å². The first-order valence-corrected chi connectivity index (χ1v) is 11.8. The molecule has 0 bridgehead atoms. The summed E-state index contributed by atoms with van der Waals surface area (Å²) >= 11 is 0. The normalized spacial score (nSPS) is 12.6. The smallest absolute Gasteiger partial charge is 0.383 e. The minimum Gasteiger partial charge on any atom is -0.383 e. The molecule has 1 atom stereocenters. The Morgan fingerprint density at radius 1 is 1.03 bits per heavy atom. The van der Waals surface area contributed by atoms with E-state index in [1.165, 1.54) is 11.6 Å². The average molecular weight is 495 g/mol. The van der Waals surface area contributed by atoms with Gasteiger partial charge in [0, 0.05) is 49.6 Å². The Hall–Kier alpha value is -3.58. The fourth-order valence-corrected chi connectivity index (χ4v) is 4.46. The van der Waals surface area contributed by atoms with E-state index >= 15 is 0 Å². The van der Waals surface area contributed by atoms with Crippen molar-refractivity contribution in [3.63, 3.8) is 0 Å². The Morgan fingerprint density at radius 3 is 2.50 bits per heavy atom. The zero-order valence-electron chi connectivity index (χ0n) is 20.3. The number of rotatable bonds is 9. The van der Waals surface area contributed by atoms with Crippen molar-refractivity contribution < 1.29 is 22.7 Å². The van der Waals surface area contributed by atoms with E-state index in [1.54, 1.807) is 13.2 Å². The molecular weight excluding hydrogens is 465 g/mol. The molecule has 0 aliphatic heterocycles. The predicted octanol–water partition coefficient (Wildman–Crippen LogP) is 6.30. The fourth-order valence-electron chi connectivity index (χ4n) is 4.46. The number of aromatic nitrogens is 1. The number of hydrogen-bond acceptors (Lipinski definition) is 2. The number of aryl methyl sites for hydroxylation is 1. The largest absolute Gasteiger partial charge is 0.416 e. The van der Waals surface area contributed by atoms with Crippen LogP contribution >= 0.6 is 0 Å². The van der Waals surface area contributed by atoms with Gasteiger partial charge in [-0.2, -0.15) is 13.2 Å². The lowest BCUT2D eigenvalue weighted by Gasteiger charge is -2.19. The topological polar surface area (TPSA) is 43.3 Å². The average Bonchev–Trinajstić information content (AvgIpc) is 3.22. The number of carbonyl (C=O) groups excluding carboxylic acids is 1. The van der Waals surface area contributed by atoms with Crippen LogP contribution in [0, 0.1) is 6.92 Å². The van der Waals surface area contributed by atoms with Crippen molar-refractivity contribution in [1.29, 1.82) is 0 Å². The molecule has 0 unspecified atom stereocenters. The highest BCUT2D eigenvalue weighted by atomic mass is 19.4. The van der Waals surface area contributed by atoms with Gasteiger partial charge in [0.2, 0.25) is 5.91 Å². The summed E-state index contributed by atoms with van der Waals surface area (Å²) < 4.78 is 47.7. The van der Waals surface area contributed by atoms with Crippen LogP contribution in [0.4, 0.5) is 13.2 Å². The van der Waals surface area contributed by atoms with Crippen LogP contribution < -0.4 is 5.32 Å². The molecule has 0 spiro atoms. The molecule has 0 radical (unpaired) electrons. The van der Waals surface area contributed by atoms with Gasteiger partial charge in [0.15, 0.2) is 0 Å². The maximum absolute atomic E-state index is 13.5. The van der Waals surface area contributed by atoms with Gasteiger partial charge in [-0.05, 0) is 35.7 Å². The number of benzene rings is 3. The van der Waals surface area contributed by atoms with Crippen LogP contribution in [0.3, 0.4) is 0 Å². The Morgan fingerprint density at radius 2 is 1.78 bits per heavy atom. The molecule has 0 saturated carbocycles. The summed E-state index contributed by atoms with van der Waals surface area (Å²) in [5, 5.41) is 3.72. The Kier molecular flexibility index (Phi) is 7.79. The monoisotopic (exact) mass is 494 g/mol. The molecule has 1 amide bonds. The molecule has 7 heteroatoms. The molecule has 4 aromatic rings. The number of nitrogens with zero attached hydrogens (tertiary/aromatic N) is 1. The second-order valence-electron chi connectivity index (χ2n) is 8.94. The second kappa shape index (κ2) is 11.0. The van der Waals surface area contributed by atoms with Crippen molar-refractivity contribution in [2.75, 3.05) is 20.3 Å². The van der Waals surface area contributed by atoms with E-state index in [9.17, 15) is 18.0 Å². The van der Waals surface area contributed by atoms with Gasteiger partial charge in [0.25, 0.3) is 0 Å². The number of halogens is 3. The molecule has 1 aromatic heterocycles. The van der Waals surface area contributed by atoms with Gasteiger partial charge in [0.05, 0.1) is 12.2 Å². The van der Waals surface area contributed by atoms with E-state index < -0.39 is 17.7 Å². The molecule has 3 aromatic carbocycles. The first kappa shape index (κ1) is 25.5. The number of amides is 1. The summed E-state index contributed by atoms with van der Waals surface area (Å²) in [4.78, 5) is 12.8. The third-order valence-electron chi connectivity index (χ3n) is 6.30. The zero-order valence-corrected chi connectivity index (χ0v) is 20.3. The summed E-state index contributed by atoms with van der Waals surface area (Å²) in [5.41, 5.74) is 3.78. The minimum atomic E-state index is -4.47. The lowest BCUT2D eigenvalue weighted by atomic mass is 9.87. The van der Waals surface area contributed by atoms with Gasteiger partial charge in [-0.3, -0.25) is 4.79 Å². The molecule has 0 aliphatic rings. The summed E-state index contributed by atoms with van der Waals surface area (Å²) in [5.74, 6) is -0.802. The number of alkyl halides is 3. The summed E-state index contributed by atoms with van der Waals surface area (Å²) in [6.45, 7) is 3.33. The highest BCUT2D eigenvalue weighted by Crippen LogP contribution is 2.38. The minimum absolute atomic E-state index is 0.0174. The molecule has 36 heavy (non-hydrogen) atoms. The third kappa shape index (κ3) is 5.97. The standard InChI is InChI=1S/C29H29F3N2O2/c1-20-10-12-21(13-11-20)18-34-19-26(24-8-3-4-9-27(24)34)25(17-28(35)33-14-15-36-2)22-6-5-7-23(16-22)29(30,31)32/h3-13,16,19,25H,14-15,17-18H2,1-2H3,(H,33,35)/t25-/m1/s1. The molecule has 1 N–H and O–H groups in total. The van der Waals surface area contributed by atoms with Crippen molar-refractivity contribution in [2.24, 2.45) is 0 Å².